The first kappa shape index (κ1) is 19.0. The van der Waals surface area contributed by atoms with E-state index in [4.69, 9.17) is 17.7 Å². The monoisotopic (exact) mass is 281 g/mol. The number of hydrogen-bond donors (Lipinski definition) is 1. The zero-order chi connectivity index (χ0) is 14.3. The van der Waals surface area contributed by atoms with Crippen LogP contribution < -0.4 is 0 Å². The van der Waals surface area contributed by atoms with E-state index in [0.717, 1.165) is 13.1 Å². The minimum atomic E-state index is -5.84. The van der Waals surface area contributed by atoms with Crippen molar-refractivity contribution in [2.24, 2.45) is 0 Å². The molecule has 1 unspecified atom stereocenters. The maximum absolute atomic E-state index is 10.7. The molecule has 0 heterocycles. The van der Waals surface area contributed by atoms with Gasteiger partial charge in [0, 0.05) is 7.11 Å². The first-order valence-corrected chi connectivity index (χ1v) is 6.25. The molecule has 1 atom stereocenters. The third-order valence-corrected chi connectivity index (χ3v) is 2.55. The fourth-order valence-corrected chi connectivity index (χ4v) is 0.887. The van der Waals surface area contributed by atoms with E-state index in [-0.39, 0.29) is 6.23 Å². The second-order valence-electron chi connectivity index (χ2n) is 2.98. The van der Waals surface area contributed by atoms with Gasteiger partial charge in [-0.25, -0.2) is 0 Å². The summed E-state index contributed by atoms with van der Waals surface area (Å²) in [5.74, 6) is 0. The highest BCUT2D eigenvalue weighted by Crippen LogP contribution is 2.20. The summed E-state index contributed by atoms with van der Waals surface area (Å²) in [7, 11) is -4.10. The van der Waals surface area contributed by atoms with Gasteiger partial charge in [0.1, 0.15) is 6.23 Å². The predicted molar refractivity (Wildman–Crippen MR) is 57.0 cm³/mol. The molecule has 5 nitrogen and oxygen atoms in total. The zero-order valence-corrected chi connectivity index (χ0v) is 11.0. The van der Waals surface area contributed by atoms with Crippen molar-refractivity contribution < 1.29 is 30.9 Å². The van der Waals surface area contributed by atoms with Crippen LogP contribution in [0.5, 0.6) is 0 Å². The van der Waals surface area contributed by atoms with Crippen molar-refractivity contribution in [2.45, 2.75) is 32.5 Å². The summed E-state index contributed by atoms with van der Waals surface area (Å²) in [6.07, 6.45) is 0.264. The van der Waals surface area contributed by atoms with Crippen molar-refractivity contribution in [3.8, 4) is 0 Å². The van der Waals surface area contributed by atoms with Gasteiger partial charge in [0.25, 0.3) is 0 Å². The van der Waals surface area contributed by atoms with E-state index < -0.39 is 15.6 Å². The van der Waals surface area contributed by atoms with Crippen LogP contribution in [0.1, 0.15) is 20.8 Å². The Labute approximate surface area is 99.3 Å². The van der Waals surface area contributed by atoms with E-state index in [1.54, 1.807) is 7.11 Å². The number of halogens is 3. The average molecular weight is 281 g/mol. The van der Waals surface area contributed by atoms with Crippen molar-refractivity contribution in [1.82, 2.24) is 4.90 Å². The summed E-state index contributed by atoms with van der Waals surface area (Å²) in [5, 5.41) is 0. The summed E-state index contributed by atoms with van der Waals surface area (Å²) in [6, 6.07) is 0. The molecule has 1 N–H and O–H groups in total. The van der Waals surface area contributed by atoms with Crippen molar-refractivity contribution in [1.29, 1.82) is 0 Å². The average Bonchev–Trinajstić information content (AvgIpc) is 2.17. The summed E-state index contributed by atoms with van der Waals surface area (Å²) < 4.78 is 62.7. The molecule has 17 heavy (non-hydrogen) atoms. The number of rotatable bonds is 4. The van der Waals surface area contributed by atoms with E-state index in [1.165, 1.54) is 0 Å². The lowest BCUT2D eigenvalue weighted by molar-refractivity contribution is -0.0510. The molecule has 0 aliphatic heterocycles. The summed E-state index contributed by atoms with van der Waals surface area (Å²) in [4.78, 5) is 2.25. The Balaban J connectivity index is 0. The molecule has 0 aromatic rings. The lowest BCUT2D eigenvalue weighted by atomic mass is 10.4. The van der Waals surface area contributed by atoms with Crippen LogP contribution in [0.25, 0.3) is 0 Å². The van der Waals surface area contributed by atoms with Gasteiger partial charge in [-0.2, -0.15) is 21.6 Å². The van der Waals surface area contributed by atoms with Gasteiger partial charge in [0.2, 0.25) is 0 Å². The quantitative estimate of drug-likeness (QED) is 0.483. The van der Waals surface area contributed by atoms with Crippen molar-refractivity contribution in [3.05, 3.63) is 0 Å². The highest BCUT2D eigenvalue weighted by Gasteiger charge is 2.44. The third kappa shape index (κ3) is 8.36. The van der Waals surface area contributed by atoms with E-state index in [1.807, 2.05) is 0 Å². The predicted octanol–water partition coefficient (Wildman–Crippen LogP) is 1.71. The molecular weight excluding hydrogens is 263 g/mol. The molecule has 0 aliphatic carbocycles. The molecule has 106 valence electrons. The molecule has 0 spiro atoms. The van der Waals surface area contributed by atoms with Crippen LogP contribution in [0.3, 0.4) is 0 Å². The molecule has 0 aromatic carbocycles. The highest BCUT2D eigenvalue weighted by molar-refractivity contribution is 7.86. The van der Waals surface area contributed by atoms with Crippen LogP contribution in [-0.4, -0.2) is 49.8 Å². The van der Waals surface area contributed by atoms with Crippen LogP contribution in [0.2, 0.25) is 0 Å². The van der Waals surface area contributed by atoms with Crippen LogP contribution in [0.15, 0.2) is 0 Å². The maximum atomic E-state index is 10.7. The summed E-state index contributed by atoms with van der Waals surface area (Å²) in [6.45, 7) is 8.46. The number of nitrogens with zero attached hydrogens (tertiary/aromatic N) is 1. The fourth-order valence-electron chi connectivity index (χ4n) is 0.887. The van der Waals surface area contributed by atoms with Gasteiger partial charge < -0.3 is 4.74 Å². The smallest absolute Gasteiger partial charge is 0.367 e. The normalized spacial score (nSPS) is 14.2. The minimum absolute atomic E-state index is 0.264. The van der Waals surface area contributed by atoms with Crippen LogP contribution in [-0.2, 0) is 14.9 Å². The lowest BCUT2D eigenvalue weighted by Crippen LogP contribution is -2.33. The van der Waals surface area contributed by atoms with Crippen LogP contribution >= 0.6 is 0 Å². The van der Waals surface area contributed by atoms with Gasteiger partial charge in [-0.15, -0.1) is 0 Å². The molecule has 9 heteroatoms. The molecule has 0 aromatic heterocycles. The number of hydrogen-bond acceptors (Lipinski definition) is 4. The Morgan fingerprint density at radius 2 is 1.59 bits per heavy atom. The Morgan fingerprint density at radius 1 is 1.29 bits per heavy atom. The maximum Gasteiger partial charge on any atom is 0.522 e. The molecule has 0 fully saturated rings. The second-order valence-corrected chi connectivity index (χ2v) is 4.39. The van der Waals surface area contributed by atoms with E-state index >= 15 is 0 Å². The van der Waals surface area contributed by atoms with Gasteiger partial charge >= 0.3 is 15.6 Å². The Bertz CT molecular complexity index is 288. The Hall–Kier alpha value is -0.380. The standard InChI is InChI=1S/C7H17NO.CHF3O3S/c1-5-8(6-2)7(3)9-4;2-1(3,4)8(5,6)7/h7H,5-6H2,1-4H3;(H,5,6,7). The topological polar surface area (TPSA) is 66.8 Å². The van der Waals surface area contributed by atoms with Gasteiger partial charge in [-0.1, -0.05) is 13.8 Å². The molecule has 0 rings (SSSR count). The molecule has 0 radical (unpaired) electrons. The SMILES string of the molecule is CCN(CC)C(C)OC.O=S(=O)(O)C(F)(F)F. The molecule has 0 saturated heterocycles. The van der Waals surface area contributed by atoms with Crippen LogP contribution in [0, 0.1) is 0 Å². The molecule has 0 bridgehead atoms. The largest absolute Gasteiger partial charge is 0.522 e. The van der Waals surface area contributed by atoms with Gasteiger partial charge in [-0.3, -0.25) is 9.45 Å². The van der Waals surface area contributed by atoms with Crippen LogP contribution in [0.4, 0.5) is 13.2 Å². The lowest BCUT2D eigenvalue weighted by Gasteiger charge is -2.24. The second kappa shape index (κ2) is 7.85. The van der Waals surface area contributed by atoms with E-state index in [2.05, 4.69) is 25.7 Å². The number of ether oxygens (including phenoxy) is 1. The number of methoxy groups -OCH3 is 1. The third-order valence-electron chi connectivity index (χ3n) is 1.96. The van der Waals surface area contributed by atoms with E-state index in [9.17, 15) is 13.2 Å². The minimum Gasteiger partial charge on any atom is -0.367 e. The van der Waals surface area contributed by atoms with Gasteiger partial charge in [0.15, 0.2) is 0 Å². The van der Waals surface area contributed by atoms with Crippen molar-refractivity contribution >= 4 is 10.1 Å². The molecule has 0 amide bonds. The molecule has 0 aliphatic rings. The fraction of sp³-hybridized carbons (Fsp3) is 1.00. The van der Waals surface area contributed by atoms with Gasteiger partial charge in [0.05, 0.1) is 0 Å². The zero-order valence-electron chi connectivity index (χ0n) is 10.2. The first-order chi connectivity index (χ1) is 7.51. The number of alkyl halides is 3. The summed E-state index contributed by atoms with van der Waals surface area (Å²) >= 11 is 0. The van der Waals surface area contributed by atoms with Crippen molar-refractivity contribution in [3.63, 3.8) is 0 Å². The Kier molecular flexibility index (Phi) is 8.76. The molecule has 0 saturated carbocycles. The molecular formula is C8H18F3NO4S. The first-order valence-electron chi connectivity index (χ1n) is 4.81. The summed E-state index contributed by atoms with van der Waals surface area (Å²) in [5.41, 5.74) is -5.53. The van der Waals surface area contributed by atoms with E-state index in [0.29, 0.717) is 0 Å². The van der Waals surface area contributed by atoms with Gasteiger partial charge in [-0.05, 0) is 20.0 Å². The highest BCUT2D eigenvalue weighted by atomic mass is 32.2. The van der Waals surface area contributed by atoms with Crippen molar-refractivity contribution in [2.75, 3.05) is 20.2 Å². The Morgan fingerprint density at radius 3 is 1.65 bits per heavy atom.